The Bertz CT molecular complexity index is 606. The number of rotatable bonds is 3. The molecule has 4 nitrogen and oxygen atoms in total. The molecule has 118 valence electrons. The second kappa shape index (κ2) is 7.72. The first-order chi connectivity index (χ1) is 10.2. The van der Waals surface area contributed by atoms with Crippen molar-refractivity contribution in [2.45, 2.75) is 38.1 Å². The van der Waals surface area contributed by atoms with E-state index in [0.717, 1.165) is 24.1 Å². The molecule has 2 aromatic rings. The lowest BCUT2D eigenvalue weighted by atomic mass is 10.1. The van der Waals surface area contributed by atoms with E-state index < -0.39 is 6.04 Å². The van der Waals surface area contributed by atoms with E-state index in [2.05, 4.69) is 10.3 Å². The number of hydrogen-bond acceptors (Lipinski definition) is 4. The molecule has 1 unspecified atom stereocenters. The highest BCUT2D eigenvalue weighted by Crippen LogP contribution is 2.29. The van der Waals surface area contributed by atoms with E-state index >= 15 is 0 Å². The van der Waals surface area contributed by atoms with Crippen molar-refractivity contribution in [3.8, 4) is 0 Å². The van der Waals surface area contributed by atoms with Gasteiger partial charge in [-0.3, -0.25) is 4.79 Å². The van der Waals surface area contributed by atoms with Gasteiger partial charge in [-0.15, -0.1) is 23.7 Å². The molecule has 3 rings (SSSR count). The molecule has 1 aliphatic carbocycles. The molecule has 0 radical (unpaired) electrons. The van der Waals surface area contributed by atoms with Crippen LogP contribution in [0.1, 0.15) is 41.4 Å². The second-order valence-electron chi connectivity index (χ2n) is 5.33. The van der Waals surface area contributed by atoms with Gasteiger partial charge in [0.15, 0.2) is 5.13 Å². The summed E-state index contributed by atoms with van der Waals surface area (Å²) in [5.74, 6) is -0.204. The molecular weight excluding hydrogens is 318 g/mol. The van der Waals surface area contributed by atoms with Crippen LogP contribution >= 0.6 is 23.7 Å². The molecule has 6 heteroatoms. The third-order valence-corrected chi connectivity index (χ3v) is 4.84. The van der Waals surface area contributed by atoms with E-state index in [0.29, 0.717) is 5.13 Å². The molecule has 0 saturated carbocycles. The molecule has 0 spiro atoms. The number of hydrogen-bond donors (Lipinski definition) is 2. The number of fused-ring (bicyclic) bond motifs is 1. The largest absolute Gasteiger partial charge is 0.316 e. The van der Waals surface area contributed by atoms with E-state index in [-0.39, 0.29) is 18.3 Å². The van der Waals surface area contributed by atoms with E-state index in [9.17, 15) is 4.79 Å². The monoisotopic (exact) mass is 337 g/mol. The van der Waals surface area contributed by atoms with Crippen molar-refractivity contribution in [1.82, 2.24) is 4.98 Å². The maximum absolute atomic E-state index is 12.2. The molecule has 0 aliphatic heterocycles. The van der Waals surface area contributed by atoms with Crippen molar-refractivity contribution in [1.29, 1.82) is 0 Å². The lowest BCUT2D eigenvalue weighted by molar-refractivity contribution is -0.117. The van der Waals surface area contributed by atoms with Crippen molar-refractivity contribution in [2.75, 3.05) is 5.32 Å². The van der Waals surface area contributed by atoms with Crippen LogP contribution in [0, 0.1) is 0 Å². The zero-order valence-electron chi connectivity index (χ0n) is 12.2. The van der Waals surface area contributed by atoms with Crippen LogP contribution in [0.25, 0.3) is 0 Å². The van der Waals surface area contributed by atoms with Crippen LogP contribution in [0.15, 0.2) is 30.3 Å². The smallest absolute Gasteiger partial charge is 0.247 e. The summed E-state index contributed by atoms with van der Waals surface area (Å²) in [7, 11) is 0. The third-order valence-electron chi connectivity index (χ3n) is 3.77. The minimum absolute atomic E-state index is 0. The lowest BCUT2D eigenvalue weighted by Crippen LogP contribution is -2.27. The fourth-order valence-electron chi connectivity index (χ4n) is 2.58. The summed E-state index contributed by atoms with van der Waals surface area (Å²) in [5.41, 5.74) is 7.97. The standard InChI is InChI=1S/C16H19N3OS.ClH/c17-14(11-7-3-1-4-8-11)15(20)19-16-18-12-9-5-2-6-10-13(12)21-16;/h1,3-4,7-8,14H,2,5-6,9-10,17H2,(H,18,19,20);1H. The first kappa shape index (κ1) is 16.9. The van der Waals surface area contributed by atoms with Gasteiger partial charge in [0.05, 0.1) is 5.69 Å². The quantitative estimate of drug-likeness (QED) is 0.843. The molecule has 1 aliphatic rings. The third kappa shape index (κ3) is 3.85. The Morgan fingerprint density at radius 3 is 2.68 bits per heavy atom. The summed E-state index contributed by atoms with van der Waals surface area (Å²) >= 11 is 1.59. The first-order valence-corrected chi connectivity index (χ1v) is 8.15. The Hall–Kier alpha value is -1.43. The van der Waals surface area contributed by atoms with Crippen LogP contribution in [0.5, 0.6) is 0 Å². The predicted molar refractivity (Wildman–Crippen MR) is 92.6 cm³/mol. The van der Waals surface area contributed by atoms with Crippen LogP contribution < -0.4 is 11.1 Å². The molecule has 1 amide bonds. The fraction of sp³-hybridized carbons (Fsp3) is 0.375. The van der Waals surface area contributed by atoms with E-state index in [1.54, 1.807) is 11.3 Å². The fourth-order valence-corrected chi connectivity index (χ4v) is 3.63. The summed E-state index contributed by atoms with van der Waals surface area (Å²) in [5, 5.41) is 3.54. The molecule has 1 aromatic carbocycles. The molecule has 3 N–H and O–H groups in total. The van der Waals surface area contributed by atoms with Gasteiger partial charge in [0, 0.05) is 4.88 Å². The van der Waals surface area contributed by atoms with Crippen molar-refractivity contribution in [3.05, 3.63) is 46.5 Å². The average Bonchev–Trinajstić information content (AvgIpc) is 2.76. The molecule has 1 aromatic heterocycles. The highest BCUT2D eigenvalue weighted by atomic mass is 35.5. The molecular formula is C16H20ClN3OS. The van der Waals surface area contributed by atoms with Gasteiger partial charge in [0.1, 0.15) is 6.04 Å². The van der Waals surface area contributed by atoms with Gasteiger partial charge < -0.3 is 11.1 Å². The van der Waals surface area contributed by atoms with Gasteiger partial charge in [-0.25, -0.2) is 4.98 Å². The summed E-state index contributed by atoms with van der Waals surface area (Å²) in [6.45, 7) is 0. The number of nitrogens with zero attached hydrogens (tertiary/aromatic N) is 1. The Morgan fingerprint density at radius 1 is 1.18 bits per heavy atom. The molecule has 0 bridgehead atoms. The lowest BCUT2D eigenvalue weighted by Gasteiger charge is -2.10. The van der Waals surface area contributed by atoms with Crippen LogP contribution in [-0.2, 0) is 17.6 Å². The summed E-state index contributed by atoms with van der Waals surface area (Å²) < 4.78 is 0. The van der Waals surface area contributed by atoms with Crippen LogP contribution in [0.4, 0.5) is 5.13 Å². The molecule has 22 heavy (non-hydrogen) atoms. The Balaban J connectivity index is 0.00000176. The number of thiazole rings is 1. The number of aromatic nitrogens is 1. The number of nitrogens with one attached hydrogen (secondary N) is 1. The van der Waals surface area contributed by atoms with Gasteiger partial charge in [0.25, 0.3) is 0 Å². The Labute approximate surface area is 140 Å². The maximum Gasteiger partial charge on any atom is 0.247 e. The zero-order chi connectivity index (χ0) is 14.7. The number of nitrogens with two attached hydrogens (primary N) is 1. The van der Waals surface area contributed by atoms with Crippen molar-refractivity contribution in [2.24, 2.45) is 5.73 Å². The number of halogens is 1. The Kier molecular flexibility index (Phi) is 5.94. The zero-order valence-corrected chi connectivity index (χ0v) is 13.9. The molecule has 1 atom stereocenters. The minimum Gasteiger partial charge on any atom is -0.316 e. The molecule has 0 saturated heterocycles. The number of benzene rings is 1. The number of carbonyl (C=O) groups excluding carboxylic acids is 1. The van der Waals surface area contributed by atoms with Gasteiger partial charge in [-0.05, 0) is 31.2 Å². The SMILES string of the molecule is Cl.NC(C(=O)Nc1nc2c(s1)CCCCC2)c1ccccc1. The van der Waals surface area contributed by atoms with Crippen molar-refractivity contribution >= 4 is 34.8 Å². The summed E-state index contributed by atoms with van der Waals surface area (Å²) in [6, 6.07) is 8.74. The Morgan fingerprint density at radius 2 is 1.91 bits per heavy atom. The predicted octanol–water partition coefficient (Wildman–Crippen LogP) is 3.47. The van der Waals surface area contributed by atoms with E-state index in [1.807, 2.05) is 30.3 Å². The summed E-state index contributed by atoms with van der Waals surface area (Å²) in [6.07, 6.45) is 5.77. The van der Waals surface area contributed by atoms with Gasteiger partial charge in [0.2, 0.25) is 5.91 Å². The maximum atomic E-state index is 12.2. The highest BCUT2D eigenvalue weighted by molar-refractivity contribution is 7.15. The van der Waals surface area contributed by atoms with Gasteiger partial charge >= 0.3 is 0 Å². The topological polar surface area (TPSA) is 68.0 Å². The van der Waals surface area contributed by atoms with Crippen LogP contribution in [0.2, 0.25) is 0 Å². The summed E-state index contributed by atoms with van der Waals surface area (Å²) in [4.78, 5) is 18.1. The molecule has 1 heterocycles. The van der Waals surface area contributed by atoms with E-state index in [4.69, 9.17) is 5.73 Å². The number of aryl methyl sites for hydroxylation is 2. The van der Waals surface area contributed by atoms with Crippen molar-refractivity contribution < 1.29 is 4.79 Å². The highest BCUT2D eigenvalue weighted by Gasteiger charge is 2.19. The van der Waals surface area contributed by atoms with Crippen molar-refractivity contribution in [3.63, 3.8) is 0 Å². The number of carbonyl (C=O) groups is 1. The van der Waals surface area contributed by atoms with Crippen LogP contribution in [0.3, 0.4) is 0 Å². The average molecular weight is 338 g/mol. The minimum atomic E-state index is -0.657. The van der Waals surface area contributed by atoms with Crippen LogP contribution in [-0.4, -0.2) is 10.9 Å². The first-order valence-electron chi connectivity index (χ1n) is 7.34. The molecule has 0 fully saturated rings. The number of amides is 1. The van der Waals surface area contributed by atoms with Gasteiger partial charge in [-0.1, -0.05) is 36.8 Å². The normalized spacial score (nSPS) is 15.1. The second-order valence-corrected chi connectivity index (χ2v) is 6.41. The van der Waals surface area contributed by atoms with Gasteiger partial charge in [-0.2, -0.15) is 0 Å². The van der Waals surface area contributed by atoms with E-state index in [1.165, 1.54) is 24.1 Å². The number of anilines is 1.